The molecule has 2 fully saturated rings. The predicted molar refractivity (Wildman–Crippen MR) is 129 cm³/mol. The fourth-order valence-corrected chi connectivity index (χ4v) is 5.12. The van der Waals surface area contributed by atoms with Gasteiger partial charge in [-0.25, -0.2) is 13.6 Å². The molecule has 2 heterocycles. The highest BCUT2D eigenvalue weighted by Crippen LogP contribution is 2.33. The largest absolute Gasteiger partial charge is 0.485 e. The molecule has 0 radical (unpaired) electrons. The number of rotatable bonds is 7. The highest BCUT2D eigenvalue weighted by molar-refractivity contribution is 7.89. The Balaban J connectivity index is 1.24. The summed E-state index contributed by atoms with van der Waals surface area (Å²) < 4.78 is 47.9. The van der Waals surface area contributed by atoms with Crippen molar-refractivity contribution in [3.63, 3.8) is 0 Å². The van der Waals surface area contributed by atoms with Crippen LogP contribution in [-0.4, -0.2) is 51.9 Å². The second-order valence-corrected chi connectivity index (χ2v) is 9.94. The summed E-state index contributed by atoms with van der Waals surface area (Å²) in [5, 5.41) is 12.8. The maximum absolute atomic E-state index is 11.9. The lowest BCUT2D eigenvalue weighted by molar-refractivity contribution is 0.0181. The zero-order valence-corrected chi connectivity index (χ0v) is 19.5. The zero-order chi connectivity index (χ0) is 24.6. The van der Waals surface area contributed by atoms with Crippen LogP contribution in [0.5, 0.6) is 11.5 Å². The number of primary sulfonamides is 1. The minimum absolute atomic E-state index is 0.00147. The highest BCUT2D eigenvalue weighted by atomic mass is 32.2. The van der Waals surface area contributed by atoms with Gasteiger partial charge < -0.3 is 24.7 Å². The molecule has 9 nitrogen and oxygen atoms in total. The third-order valence-electron chi connectivity index (χ3n) is 6.06. The van der Waals surface area contributed by atoms with Crippen LogP contribution in [0.25, 0.3) is 11.1 Å². The van der Waals surface area contributed by atoms with Crippen molar-refractivity contribution in [2.75, 3.05) is 13.2 Å². The number of nitrogens with one attached hydrogen (secondary N) is 1. The Bertz CT molecular complexity index is 1330. The van der Waals surface area contributed by atoms with E-state index in [1.54, 1.807) is 66.7 Å². The lowest BCUT2D eigenvalue weighted by atomic mass is 10.1. The molecule has 2 aliphatic rings. The molecule has 0 spiro atoms. The summed E-state index contributed by atoms with van der Waals surface area (Å²) in [5.74, 6) is 1.26. The minimum atomic E-state index is -3.85. The monoisotopic (exact) mass is 495 g/mol. The molecule has 3 aromatic carbocycles. The number of benzene rings is 3. The number of ether oxygens (including phenoxy) is 4. The van der Waals surface area contributed by atoms with E-state index in [1.807, 2.05) is 0 Å². The van der Waals surface area contributed by atoms with E-state index in [0.29, 0.717) is 41.4 Å². The fourth-order valence-electron chi connectivity index (χ4n) is 4.36. The first-order chi connectivity index (χ1) is 16.8. The third-order valence-corrected chi connectivity index (χ3v) is 7.03. The van der Waals surface area contributed by atoms with Crippen LogP contribution in [0.3, 0.4) is 0 Å². The topological polar surface area (TPSA) is 147 Å². The Morgan fingerprint density at radius 1 is 0.829 bits per heavy atom. The van der Waals surface area contributed by atoms with E-state index in [-0.39, 0.29) is 35.1 Å². The van der Waals surface area contributed by atoms with Crippen molar-refractivity contribution in [3.05, 3.63) is 78.4 Å². The van der Waals surface area contributed by atoms with Crippen LogP contribution in [0.4, 0.5) is 0 Å². The number of fused-ring (bicyclic) bond motifs is 1. The average molecular weight is 496 g/mol. The minimum Gasteiger partial charge on any atom is -0.485 e. The predicted octanol–water partition coefficient (Wildman–Crippen LogP) is 2.28. The van der Waals surface area contributed by atoms with Crippen molar-refractivity contribution in [2.24, 2.45) is 10.9 Å². The van der Waals surface area contributed by atoms with Crippen molar-refractivity contribution in [1.82, 2.24) is 0 Å². The fraction of sp³-hybridized carbons (Fsp3) is 0.240. The Hall–Kier alpha value is -3.44. The van der Waals surface area contributed by atoms with E-state index < -0.39 is 10.0 Å². The average Bonchev–Trinajstić information content (AvgIpc) is 3.43. The first-order valence-electron chi connectivity index (χ1n) is 11.0. The standard InChI is InChI=1S/C25H25N3O6S/c26-25(27)16-7-11-18(12-8-16)34-21-14-32-23-20(13-31-24(21)23)33-17-9-5-15(6-10-17)19-3-1-2-4-22(19)35(28,29)30/h1-12,20-21,23-24H,13-14H2,(H3,26,27)(H2,28,29,30)/t20-,21+,23-,24-/m1/s1. The van der Waals surface area contributed by atoms with Gasteiger partial charge in [-0.2, -0.15) is 0 Å². The van der Waals surface area contributed by atoms with Crippen LogP contribution < -0.4 is 20.3 Å². The lowest BCUT2D eigenvalue weighted by Gasteiger charge is -2.19. The number of hydrogen-bond donors (Lipinski definition) is 3. The molecule has 10 heteroatoms. The molecule has 0 aromatic heterocycles. The molecule has 2 aliphatic heterocycles. The summed E-state index contributed by atoms with van der Waals surface area (Å²) in [6, 6.07) is 20.7. The molecule has 0 amide bonds. The van der Waals surface area contributed by atoms with E-state index in [4.69, 9.17) is 35.2 Å². The van der Waals surface area contributed by atoms with Crippen LogP contribution in [0.2, 0.25) is 0 Å². The molecule has 0 unspecified atom stereocenters. The zero-order valence-electron chi connectivity index (χ0n) is 18.7. The van der Waals surface area contributed by atoms with Crippen LogP contribution in [0, 0.1) is 5.41 Å². The lowest BCUT2D eigenvalue weighted by Crippen LogP contribution is -2.36. The smallest absolute Gasteiger partial charge is 0.238 e. The molecule has 0 aliphatic carbocycles. The Labute approximate surface area is 203 Å². The Kier molecular flexibility index (Phi) is 6.20. The second kappa shape index (κ2) is 9.31. The van der Waals surface area contributed by atoms with Crippen molar-refractivity contribution < 1.29 is 27.4 Å². The third kappa shape index (κ3) is 4.87. The van der Waals surface area contributed by atoms with Crippen molar-refractivity contribution in [1.29, 1.82) is 5.41 Å². The molecular formula is C25H25N3O6S. The molecule has 0 bridgehead atoms. The van der Waals surface area contributed by atoms with Gasteiger partial charge in [0, 0.05) is 11.1 Å². The van der Waals surface area contributed by atoms with Gasteiger partial charge in [0.1, 0.15) is 29.5 Å². The summed E-state index contributed by atoms with van der Waals surface area (Å²) in [6.07, 6.45) is -1.14. The summed E-state index contributed by atoms with van der Waals surface area (Å²) in [5.41, 5.74) is 7.37. The molecule has 182 valence electrons. The summed E-state index contributed by atoms with van der Waals surface area (Å²) in [7, 11) is -3.85. The molecule has 3 aromatic rings. The summed E-state index contributed by atoms with van der Waals surface area (Å²) >= 11 is 0. The van der Waals surface area contributed by atoms with Crippen LogP contribution in [-0.2, 0) is 19.5 Å². The number of hydrogen-bond acceptors (Lipinski definition) is 7. The van der Waals surface area contributed by atoms with Crippen molar-refractivity contribution in [2.45, 2.75) is 29.3 Å². The molecule has 0 saturated carbocycles. The maximum Gasteiger partial charge on any atom is 0.238 e. The van der Waals surface area contributed by atoms with E-state index >= 15 is 0 Å². The van der Waals surface area contributed by atoms with Crippen LogP contribution >= 0.6 is 0 Å². The van der Waals surface area contributed by atoms with Gasteiger partial charge >= 0.3 is 0 Å². The Morgan fingerprint density at radius 3 is 1.86 bits per heavy atom. The van der Waals surface area contributed by atoms with Crippen LogP contribution in [0.1, 0.15) is 5.56 Å². The second-order valence-electron chi connectivity index (χ2n) is 8.41. The normalized spacial score (nSPS) is 23.6. The van der Waals surface area contributed by atoms with Gasteiger partial charge in [0.2, 0.25) is 10.0 Å². The molecule has 2 saturated heterocycles. The van der Waals surface area contributed by atoms with Gasteiger partial charge in [-0.15, -0.1) is 0 Å². The van der Waals surface area contributed by atoms with Gasteiger partial charge in [-0.05, 0) is 48.0 Å². The molecule has 5 rings (SSSR count). The molecule has 35 heavy (non-hydrogen) atoms. The Morgan fingerprint density at radius 2 is 1.34 bits per heavy atom. The first-order valence-corrected chi connectivity index (χ1v) is 12.6. The van der Waals surface area contributed by atoms with E-state index in [2.05, 4.69) is 0 Å². The SMILES string of the molecule is N=C(N)c1ccc(O[C@H]2CO[C@H]3[C@@H]2OC[C@H]3Oc2ccc(-c3ccccc3S(N)(=O)=O)cc2)cc1. The highest BCUT2D eigenvalue weighted by Gasteiger charge is 2.50. The van der Waals surface area contributed by atoms with E-state index in [0.717, 1.165) is 0 Å². The first kappa shape index (κ1) is 23.3. The van der Waals surface area contributed by atoms with Crippen molar-refractivity contribution in [3.8, 4) is 22.6 Å². The van der Waals surface area contributed by atoms with Gasteiger partial charge in [-0.3, -0.25) is 5.41 Å². The van der Waals surface area contributed by atoms with E-state index in [1.165, 1.54) is 6.07 Å². The van der Waals surface area contributed by atoms with Gasteiger partial charge in [0.15, 0.2) is 12.2 Å². The van der Waals surface area contributed by atoms with Crippen molar-refractivity contribution >= 4 is 15.9 Å². The number of nitrogen functional groups attached to an aromatic ring is 1. The molecular weight excluding hydrogens is 470 g/mol. The van der Waals surface area contributed by atoms with Gasteiger partial charge in [0.05, 0.1) is 18.1 Å². The summed E-state index contributed by atoms with van der Waals surface area (Å²) in [4.78, 5) is 0.0713. The molecule has 5 N–H and O–H groups in total. The van der Waals surface area contributed by atoms with Gasteiger partial charge in [0.25, 0.3) is 0 Å². The number of nitrogens with two attached hydrogens (primary N) is 2. The van der Waals surface area contributed by atoms with Crippen LogP contribution in [0.15, 0.2) is 77.7 Å². The van der Waals surface area contributed by atoms with E-state index in [9.17, 15) is 8.42 Å². The van der Waals surface area contributed by atoms with Gasteiger partial charge in [-0.1, -0.05) is 30.3 Å². The summed E-state index contributed by atoms with van der Waals surface area (Å²) in [6.45, 7) is 0.724. The number of sulfonamides is 1. The quantitative estimate of drug-likeness (QED) is 0.336. The maximum atomic E-state index is 11.9. The molecule has 4 atom stereocenters. The number of amidine groups is 1.